The summed E-state index contributed by atoms with van der Waals surface area (Å²) in [6.45, 7) is 2.06. The van der Waals surface area contributed by atoms with E-state index in [4.69, 9.17) is 11.6 Å². The lowest BCUT2D eigenvalue weighted by atomic mass is 10.4. The molecule has 80 valence electrons. The molecule has 0 N–H and O–H groups in total. The van der Waals surface area contributed by atoms with Crippen LogP contribution in [0.5, 0.6) is 0 Å². The molecular formula is C10H7ClN4S. The van der Waals surface area contributed by atoms with Gasteiger partial charge in [-0.25, -0.2) is 0 Å². The van der Waals surface area contributed by atoms with Crippen LogP contribution in [0.15, 0.2) is 24.5 Å². The first-order valence-electron chi connectivity index (χ1n) is 4.67. The van der Waals surface area contributed by atoms with E-state index in [-0.39, 0.29) is 0 Å². The van der Waals surface area contributed by atoms with Crippen molar-refractivity contribution in [2.24, 2.45) is 0 Å². The molecule has 6 heteroatoms. The van der Waals surface area contributed by atoms with Gasteiger partial charge in [0.25, 0.3) is 0 Å². The summed E-state index contributed by atoms with van der Waals surface area (Å²) in [7, 11) is 0. The molecule has 0 saturated heterocycles. The van der Waals surface area contributed by atoms with Gasteiger partial charge in [0, 0.05) is 4.88 Å². The number of hydrogen-bond donors (Lipinski definition) is 0. The van der Waals surface area contributed by atoms with Gasteiger partial charge in [-0.1, -0.05) is 11.6 Å². The fourth-order valence-electron chi connectivity index (χ4n) is 1.53. The van der Waals surface area contributed by atoms with Crippen LogP contribution in [0.2, 0.25) is 5.15 Å². The average molecular weight is 251 g/mol. The van der Waals surface area contributed by atoms with Gasteiger partial charge in [-0.05, 0) is 19.1 Å². The number of rotatable bonds is 1. The highest BCUT2D eigenvalue weighted by Gasteiger charge is 2.12. The van der Waals surface area contributed by atoms with E-state index in [1.807, 2.05) is 6.07 Å². The van der Waals surface area contributed by atoms with Crippen LogP contribution in [0.3, 0.4) is 0 Å². The molecule has 0 amide bonds. The molecule has 0 fully saturated rings. The third-order valence-corrected chi connectivity index (χ3v) is 3.50. The van der Waals surface area contributed by atoms with Crippen molar-refractivity contribution in [3.63, 3.8) is 0 Å². The highest BCUT2D eigenvalue weighted by molar-refractivity contribution is 7.15. The first-order valence-corrected chi connectivity index (χ1v) is 5.86. The molecule has 0 aliphatic rings. The summed E-state index contributed by atoms with van der Waals surface area (Å²) >= 11 is 7.75. The molecule has 3 aromatic rings. The summed E-state index contributed by atoms with van der Waals surface area (Å²) in [4.78, 5) is 6.26. The Morgan fingerprint density at radius 1 is 1.25 bits per heavy atom. The van der Waals surface area contributed by atoms with E-state index in [1.54, 1.807) is 28.1 Å². The average Bonchev–Trinajstić information content (AvgIpc) is 2.84. The molecule has 0 radical (unpaired) electrons. The quantitative estimate of drug-likeness (QED) is 0.667. The topological polar surface area (TPSA) is 43.1 Å². The van der Waals surface area contributed by atoms with Crippen molar-refractivity contribution in [3.05, 3.63) is 34.6 Å². The molecule has 0 unspecified atom stereocenters. The minimum absolute atomic E-state index is 0.517. The largest absolute Gasteiger partial charge is 0.262 e. The van der Waals surface area contributed by atoms with Gasteiger partial charge in [0.15, 0.2) is 11.5 Å². The van der Waals surface area contributed by atoms with Crippen LogP contribution in [-0.2, 0) is 0 Å². The van der Waals surface area contributed by atoms with Crippen molar-refractivity contribution in [1.29, 1.82) is 0 Å². The molecule has 4 nitrogen and oxygen atoms in total. The normalized spacial score (nSPS) is 11.1. The molecule has 3 heterocycles. The fraction of sp³-hybridized carbons (Fsp3) is 0.100. The third-order valence-electron chi connectivity index (χ3n) is 2.23. The van der Waals surface area contributed by atoms with Crippen molar-refractivity contribution in [2.75, 3.05) is 0 Å². The lowest BCUT2D eigenvalue weighted by Gasteiger charge is -1.98. The lowest BCUT2D eigenvalue weighted by Crippen LogP contribution is -1.90. The van der Waals surface area contributed by atoms with Crippen LogP contribution in [0.4, 0.5) is 0 Å². The van der Waals surface area contributed by atoms with Gasteiger partial charge in [0.2, 0.25) is 0 Å². The zero-order chi connectivity index (χ0) is 11.1. The van der Waals surface area contributed by atoms with Gasteiger partial charge in [0.05, 0.1) is 17.3 Å². The van der Waals surface area contributed by atoms with Gasteiger partial charge in [0.1, 0.15) is 5.15 Å². The Morgan fingerprint density at radius 3 is 2.88 bits per heavy atom. The van der Waals surface area contributed by atoms with E-state index in [0.29, 0.717) is 10.8 Å². The summed E-state index contributed by atoms with van der Waals surface area (Å²) in [5.41, 5.74) is 0.661. The molecule has 0 saturated carbocycles. The van der Waals surface area contributed by atoms with Crippen LogP contribution in [0, 0.1) is 6.92 Å². The second-order valence-electron chi connectivity index (χ2n) is 3.36. The van der Waals surface area contributed by atoms with E-state index in [9.17, 15) is 0 Å². The third kappa shape index (κ3) is 1.40. The van der Waals surface area contributed by atoms with Crippen LogP contribution >= 0.6 is 22.9 Å². The predicted octanol–water partition coefficient (Wildman–Crippen LogP) is 2.81. The van der Waals surface area contributed by atoms with E-state index >= 15 is 0 Å². The Kier molecular flexibility index (Phi) is 2.15. The van der Waals surface area contributed by atoms with Crippen LogP contribution in [0.1, 0.15) is 4.88 Å². The lowest BCUT2D eigenvalue weighted by molar-refractivity contribution is 1.12. The molecular weight excluding hydrogens is 244 g/mol. The number of fused-ring (bicyclic) bond motifs is 1. The van der Waals surface area contributed by atoms with Gasteiger partial charge < -0.3 is 0 Å². The first-order chi connectivity index (χ1) is 7.75. The Hall–Kier alpha value is -1.46. The summed E-state index contributed by atoms with van der Waals surface area (Å²) in [5.74, 6) is 0.764. The Morgan fingerprint density at radius 2 is 2.12 bits per heavy atom. The highest BCUT2D eigenvalue weighted by Crippen LogP contribution is 2.27. The first kappa shape index (κ1) is 9.74. The highest BCUT2D eigenvalue weighted by atomic mass is 35.5. The van der Waals surface area contributed by atoms with Crippen molar-refractivity contribution in [3.8, 4) is 10.7 Å². The second kappa shape index (κ2) is 3.54. The summed E-state index contributed by atoms with van der Waals surface area (Å²) in [6, 6.07) is 4.07. The number of aryl methyl sites for hydroxylation is 1. The minimum Gasteiger partial charge on any atom is -0.262 e. The Labute approximate surface area is 101 Å². The molecule has 0 bridgehead atoms. The van der Waals surface area contributed by atoms with Crippen molar-refractivity contribution >= 4 is 28.6 Å². The molecule has 0 aromatic carbocycles. The van der Waals surface area contributed by atoms with Crippen molar-refractivity contribution in [2.45, 2.75) is 6.92 Å². The van der Waals surface area contributed by atoms with Crippen molar-refractivity contribution < 1.29 is 0 Å². The van der Waals surface area contributed by atoms with Gasteiger partial charge in [-0.3, -0.25) is 9.38 Å². The number of aromatic nitrogens is 4. The number of hydrogen-bond acceptors (Lipinski definition) is 4. The summed E-state index contributed by atoms with van der Waals surface area (Å²) < 4.78 is 1.79. The monoisotopic (exact) mass is 250 g/mol. The molecule has 0 aliphatic carbocycles. The van der Waals surface area contributed by atoms with E-state index in [1.165, 1.54) is 4.88 Å². The maximum absolute atomic E-state index is 6.09. The van der Waals surface area contributed by atoms with Crippen molar-refractivity contribution in [1.82, 2.24) is 19.6 Å². The molecule has 16 heavy (non-hydrogen) atoms. The van der Waals surface area contributed by atoms with Crippen LogP contribution in [-0.4, -0.2) is 19.6 Å². The fourth-order valence-corrected chi connectivity index (χ4v) is 2.59. The molecule has 0 spiro atoms. The zero-order valence-electron chi connectivity index (χ0n) is 8.38. The smallest absolute Gasteiger partial charge is 0.180 e. The van der Waals surface area contributed by atoms with E-state index < -0.39 is 0 Å². The maximum atomic E-state index is 6.09. The molecule has 0 atom stereocenters. The predicted molar refractivity (Wildman–Crippen MR) is 63.8 cm³/mol. The second-order valence-corrected chi connectivity index (χ2v) is 5.03. The number of halogens is 1. The standard InChI is InChI=1S/C10H7ClN4S/c1-6-2-3-7(16-6)10-14-13-9-5-12-4-8(11)15(9)10/h2-5H,1H3. The van der Waals surface area contributed by atoms with Crippen LogP contribution in [0.25, 0.3) is 16.3 Å². The van der Waals surface area contributed by atoms with Crippen LogP contribution < -0.4 is 0 Å². The number of nitrogens with zero attached hydrogens (tertiary/aromatic N) is 4. The SMILES string of the molecule is Cc1ccc(-c2nnc3cncc(Cl)n23)s1. The van der Waals surface area contributed by atoms with E-state index in [0.717, 1.165) is 10.7 Å². The maximum Gasteiger partial charge on any atom is 0.180 e. The molecule has 3 aromatic heterocycles. The molecule has 0 aliphatic heterocycles. The summed E-state index contributed by atoms with van der Waals surface area (Å²) in [6.07, 6.45) is 3.23. The zero-order valence-corrected chi connectivity index (χ0v) is 9.96. The Balaban J connectivity index is 2.32. The van der Waals surface area contributed by atoms with Gasteiger partial charge in [-0.2, -0.15) is 0 Å². The minimum atomic E-state index is 0.517. The van der Waals surface area contributed by atoms with E-state index in [2.05, 4.69) is 28.2 Å². The van der Waals surface area contributed by atoms with Gasteiger partial charge >= 0.3 is 0 Å². The number of thiophene rings is 1. The van der Waals surface area contributed by atoms with Gasteiger partial charge in [-0.15, -0.1) is 21.5 Å². The Bertz CT molecular complexity index is 658. The summed E-state index contributed by atoms with van der Waals surface area (Å²) in [5, 5.41) is 8.69. The molecule has 3 rings (SSSR count).